The summed E-state index contributed by atoms with van der Waals surface area (Å²) in [5.41, 5.74) is 2.84. The van der Waals surface area contributed by atoms with Crippen LogP contribution in [0.3, 0.4) is 0 Å². The summed E-state index contributed by atoms with van der Waals surface area (Å²) >= 11 is 0. The quantitative estimate of drug-likeness (QED) is 0.712. The summed E-state index contributed by atoms with van der Waals surface area (Å²) in [6.07, 6.45) is 2.57. The first-order valence-corrected chi connectivity index (χ1v) is 5.69. The Morgan fingerprint density at radius 3 is 2.71 bits per heavy atom. The zero-order chi connectivity index (χ0) is 11.8. The molecule has 0 bridgehead atoms. The van der Waals surface area contributed by atoms with E-state index in [1.807, 2.05) is 24.3 Å². The van der Waals surface area contributed by atoms with E-state index in [2.05, 4.69) is 9.97 Å². The van der Waals surface area contributed by atoms with Gasteiger partial charge in [-0.15, -0.1) is 0 Å². The van der Waals surface area contributed by atoms with Gasteiger partial charge in [0, 0.05) is 11.1 Å². The molecule has 17 heavy (non-hydrogen) atoms. The third kappa shape index (κ3) is 1.62. The summed E-state index contributed by atoms with van der Waals surface area (Å²) in [6.45, 7) is 0. The van der Waals surface area contributed by atoms with Crippen LogP contribution in [0.25, 0.3) is 11.3 Å². The molecule has 0 radical (unpaired) electrons. The van der Waals surface area contributed by atoms with Crippen molar-refractivity contribution in [3.63, 3.8) is 0 Å². The smallest absolute Gasteiger partial charge is 0.307 e. The molecule has 4 heteroatoms. The molecule has 0 saturated heterocycles. The van der Waals surface area contributed by atoms with Crippen molar-refractivity contribution >= 4 is 0 Å². The lowest BCUT2D eigenvalue weighted by molar-refractivity contribution is 0.818. The lowest BCUT2D eigenvalue weighted by Gasteiger charge is -2.07. The van der Waals surface area contributed by atoms with Crippen LogP contribution in [0, 0.1) is 0 Å². The van der Waals surface area contributed by atoms with Gasteiger partial charge < -0.3 is 4.98 Å². The van der Waals surface area contributed by atoms with Gasteiger partial charge in [0.2, 0.25) is 0 Å². The number of aromatic amines is 2. The van der Waals surface area contributed by atoms with Gasteiger partial charge in [-0.05, 0) is 24.8 Å². The Bertz CT molecular complexity index is 682. The van der Waals surface area contributed by atoms with Crippen molar-refractivity contribution in [2.24, 2.45) is 0 Å². The predicted molar refractivity (Wildman–Crippen MR) is 65.1 cm³/mol. The average Bonchev–Trinajstić information content (AvgIpc) is 2.49. The van der Waals surface area contributed by atoms with E-state index >= 15 is 0 Å². The summed E-state index contributed by atoms with van der Waals surface area (Å²) in [4.78, 5) is 28.2. The standard InChI is InChI=1S/C13H12N2O2/c16-12-10-7-3-5-8-4-1-2-6-9(8)11(10)14-13(17)15-12/h1-2,4,6H,3,5,7H2,(H2,14,15,16,17). The van der Waals surface area contributed by atoms with Crippen LogP contribution in [-0.4, -0.2) is 9.97 Å². The molecule has 0 unspecified atom stereocenters. The van der Waals surface area contributed by atoms with Crippen molar-refractivity contribution in [3.05, 3.63) is 56.2 Å². The molecule has 0 fully saturated rings. The molecule has 1 heterocycles. The van der Waals surface area contributed by atoms with Crippen molar-refractivity contribution in [2.75, 3.05) is 0 Å². The van der Waals surface area contributed by atoms with Crippen LogP contribution in [0.4, 0.5) is 0 Å². The van der Waals surface area contributed by atoms with Crippen molar-refractivity contribution in [3.8, 4) is 11.3 Å². The zero-order valence-corrected chi connectivity index (χ0v) is 9.25. The van der Waals surface area contributed by atoms with E-state index in [9.17, 15) is 9.59 Å². The lowest BCUT2D eigenvalue weighted by atomic mass is 10.0. The zero-order valence-electron chi connectivity index (χ0n) is 9.25. The normalized spacial score (nSPS) is 13.6. The van der Waals surface area contributed by atoms with E-state index in [1.165, 1.54) is 5.56 Å². The fourth-order valence-corrected chi connectivity index (χ4v) is 2.42. The Kier molecular flexibility index (Phi) is 2.21. The minimum Gasteiger partial charge on any atom is -0.307 e. The summed E-state index contributed by atoms with van der Waals surface area (Å²) in [6, 6.07) is 7.90. The van der Waals surface area contributed by atoms with E-state index in [-0.39, 0.29) is 5.56 Å². The second-order valence-electron chi connectivity index (χ2n) is 4.27. The van der Waals surface area contributed by atoms with Gasteiger partial charge in [-0.1, -0.05) is 24.3 Å². The lowest BCUT2D eigenvalue weighted by Crippen LogP contribution is -2.26. The Morgan fingerprint density at radius 2 is 1.82 bits per heavy atom. The number of rotatable bonds is 0. The first-order chi connectivity index (χ1) is 8.25. The molecule has 86 valence electrons. The van der Waals surface area contributed by atoms with Gasteiger partial charge in [0.1, 0.15) is 0 Å². The van der Waals surface area contributed by atoms with E-state index in [0.717, 1.165) is 18.4 Å². The molecule has 0 amide bonds. The van der Waals surface area contributed by atoms with Crippen LogP contribution in [0.2, 0.25) is 0 Å². The summed E-state index contributed by atoms with van der Waals surface area (Å²) in [7, 11) is 0. The number of aromatic nitrogens is 2. The number of hydrogen-bond acceptors (Lipinski definition) is 2. The number of aryl methyl sites for hydroxylation is 1. The highest BCUT2D eigenvalue weighted by Gasteiger charge is 2.17. The highest BCUT2D eigenvalue weighted by atomic mass is 16.2. The van der Waals surface area contributed by atoms with Gasteiger partial charge in [0.25, 0.3) is 5.56 Å². The van der Waals surface area contributed by atoms with Crippen LogP contribution in [0.5, 0.6) is 0 Å². The molecule has 0 aliphatic heterocycles. The first-order valence-electron chi connectivity index (χ1n) is 5.69. The second-order valence-corrected chi connectivity index (χ2v) is 4.27. The Labute approximate surface area is 97.3 Å². The minimum absolute atomic E-state index is 0.263. The van der Waals surface area contributed by atoms with Crippen LogP contribution in [0.15, 0.2) is 33.9 Å². The number of fused-ring (bicyclic) bond motifs is 3. The topological polar surface area (TPSA) is 65.7 Å². The van der Waals surface area contributed by atoms with E-state index in [4.69, 9.17) is 0 Å². The molecule has 4 nitrogen and oxygen atoms in total. The predicted octanol–water partition coefficient (Wildman–Crippen LogP) is 1.22. The van der Waals surface area contributed by atoms with Crippen LogP contribution < -0.4 is 11.2 Å². The maximum Gasteiger partial charge on any atom is 0.326 e. The third-order valence-electron chi connectivity index (χ3n) is 3.20. The van der Waals surface area contributed by atoms with E-state index < -0.39 is 5.69 Å². The maximum atomic E-state index is 11.8. The Morgan fingerprint density at radius 1 is 1.00 bits per heavy atom. The van der Waals surface area contributed by atoms with Gasteiger partial charge >= 0.3 is 5.69 Å². The average molecular weight is 228 g/mol. The van der Waals surface area contributed by atoms with Crippen LogP contribution in [-0.2, 0) is 12.8 Å². The van der Waals surface area contributed by atoms with Crippen LogP contribution >= 0.6 is 0 Å². The molecule has 2 N–H and O–H groups in total. The highest BCUT2D eigenvalue weighted by molar-refractivity contribution is 5.67. The minimum atomic E-state index is -0.439. The fraction of sp³-hybridized carbons (Fsp3) is 0.231. The molecule has 0 atom stereocenters. The molecule has 0 spiro atoms. The first kappa shape index (κ1) is 10.1. The van der Waals surface area contributed by atoms with Crippen molar-refractivity contribution in [1.82, 2.24) is 9.97 Å². The number of H-pyrrole nitrogens is 2. The van der Waals surface area contributed by atoms with E-state index in [0.29, 0.717) is 17.7 Å². The highest BCUT2D eigenvalue weighted by Crippen LogP contribution is 2.27. The molecule has 3 rings (SSSR count). The Balaban J connectivity index is 2.40. The van der Waals surface area contributed by atoms with Crippen LogP contribution in [0.1, 0.15) is 17.5 Å². The molecule has 1 aromatic heterocycles. The number of benzene rings is 1. The van der Waals surface area contributed by atoms with Gasteiger partial charge in [-0.3, -0.25) is 9.78 Å². The molecule has 0 saturated carbocycles. The fourth-order valence-electron chi connectivity index (χ4n) is 2.42. The molecular weight excluding hydrogens is 216 g/mol. The Hall–Kier alpha value is -2.10. The van der Waals surface area contributed by atoms with E-state index in [1.54, 1.807) is 0 Å². The van der Waals surface area contributed by atoms with Gasteiger partial charge in [0.15, 0.2) is 0 Å². The molecule has 1 aromatic carbocycles. The van der Waals surface area contributed by atoms with Gasteiger partial charge in [-0.2, -0.15) is 0 Å². The molecule has 1 aliphatic rings. The second kappa shape index (κ2) is 3.73. The van der Waals surface area contributed by atoms with Crippen molar-refractivity contribution < 1.29 is 0 Å². The summed E-state index contributed by atoms with van der Waals surface area (Å²) in [5, 5.41) is 0. The summed E-state index contributed by atoms with van der Waals surface area (Å²) < 4.78 is 0. The van der Waals surface area contributed by atoms with Crippen molar-refractivity contribution in [1.29, 1.82) is 0 Å². The van der Waals surface area contributed by atoms with Gasteiger partial charge in [0.05, 0.1) is 5.69 Å². The molecule has 1 aliphatic carbocycles. The number of hydrogen-bond donors (Lipinski definition) is 2. The van der Waals surface area contributed by atoms with Gasteiger partial charge in [-0.25, -0.2) is 4.79 Å². The third-order valence-corrected chi connectivity index (χ3v) is 3.20. The SMILES string of the molecule is O=c1[nH]c2c(c(=O)[nH]1)CCCc1ccccc1-2. The monoisotopic (exact) mass is 228 g/mol. The number of nitrogens with one attached hydrogen (secondary N) is 2. The maximum absolute atomic E-state index is 11.8. The molecular formula is C13H12N2O2. The van der Waals surface area contributed by atoms with Crippen molar-refractivity contribution in [2.45, 2.75) is 19.3 Å². The summed E-state index contributed by atoms with van der Waals surface area (Å²) in [5.74, 6) is 0. The largest absolute Gasteiger partial charge is 0.326 e. The molecule has 2 aromatic rings.